The highest BCUT2D eigenvalue weighted by molar-refractivity contribution is 5.85. The highest BCUT2D eigenvalue weighted by Crippen LogP contribution is 2.48. The Morgan fingerprint density at radius 2 is 2.05 bits per heavy atom. The molecule has 6 heteroatoms. The van der Waals surface area contributed by atoms with E-state index in [1.165, 1.54) is 4.90 Å². The summed E-state index contributed by atoms with van der Waals surface area (Å²) in [7, 11) is 0. The van der Waals surface area contributed by atoms with E-state index in [1.54, 1.807) is 0 Å². The highest BCUT2D eigenvalue weighted by Gasteiger charge is 2.68. The van der Waals surface area contributed by atoms with Crippen molar-refractivity contribution in [1.82, 2.24) is 4.90 Å². The monoisotopic (exact) mass is 283 g/mol. The number of alkyl halides is 1. The van der Waals surface area contributed by atoms with Gasteiger partial charge in [0.1, 0.15) is 0 Å². The number of carbonyl (C=O) groups is 2. The summed E-state index contributed by atoms with van der Waals surface area (Å²) in [6, 6.07) is 0. The fraction of sp³-hybridized carbons (Fsp3) is 0.714. The molecule has 110 valence electrons. The topological polar surface area (TPSA) is 66.8 Å². The van der Waals surface area contributed by atoms with Crippen molar-refractivity contribution >= 4 is 11.9 Å². The van der Waals surface area contributed by atoms with Crippen LogP contribution >= 0.6 is 0 Å². The number of hydrogen-bond donors (Lipinski definition) is 1. The molecule has 1 spiro atoms. The number of aliphatic carboxylic acids is 1. The number of amides is 1. The summed E-state index contributed by atoms with van der Waals surface area (Å²) in [5.41, 5.74) is -3.44. The molecular weight excluding hydrogens is 265 g/mol. The van der Waals surface area contributed by atoms with E-state index < -0.39 is 17.1 Å². The van der Waals surface area contributed by atoms with Crippen LogP contribution in [0.1, 0.15) is 19.3 Å². The second-order valence-corrected chi connectivity index (χ2v) is 6.06. The lowest BCUT2D eigenvalue weighted by Crippen LogP contribution is -2.60. The van der Waals surface area contributed by atoms with Crippen molar-refractivity contribution < 1.29 is 23.8 Å². The molecular formula is C14H18FNO4. The minimum Gasteiger partial charge on any atom is -0.479 e. The van der Waals surface area contributed by atoms with Crippen LogP contribution in [0, 0.1) is 11.3 Å². The SMILES string of the molecule is O=C([C@H]1CC=CCC1)N1CC2(COC2)[C@](F)(C(=O)O)C1. The minimum absolute atomic E-state index is 0.0736. The highest BCUT2D eigenvalue weighted by atomic mass is 19.1. The van der Waals surface area contributed by atoms with Gasteiger partial charge in [-0.2, -0.15) is 0 Å². The van der Waals surface area contributed by atoms with Gasteiger partial charge < -0.3 is 14.7 Å². The molecule has 3 aliphatic rings. The average molecular weight is 283 g/mol. The molecule has 0 aromatic carbocycles. The number of carboxylic acid groups (broad SMARTS) is 1. The third kappa shape index (κ3) is 1.78. The number of rotatable bonds is 2. The lowest BCUT2D eigenvalue weighted by Gasteiger charge is -2.43. The Labute approximate surface area is 116 Å². The van der Waals surface area contributed by atoms with Crippen molar-refractivity contribution in [3.63, 3.8) is 0 Å². The van der Waals surface area contributed by atoms with Crippen molar-refractivity contribution in [3.05, 3.63) is 12.2 Å². The first-order valence-electron chi connectivity index (χ1n) is 6.92. The molecule has 1 aliphatic carbocycles. The number of nitrogens with zero attached hydrogens (tertiary/aromatic N) is 1. The Balaban J connectivity index is 1.78. The summed E-state index contributed by atoms with van der Waals surface area (Å²) >= 11 is 0. The minimum atomic E-state index is -2.38. The van der Waals surface area contributed by atoms with Crippen molar-refractivity contribution in [2.75, 3.05) is 26.3 Å². The van der Waals surface area contributed by atoms with Crippen LogP contribution < -0.4 is 0 Å². The summed E-state index contributed by atoms with van der Waals surface area (Å²) in [6.07, 6.45) is 6.25. The van der Waals surface area contributed by atoms with Crippen molar-refractivity contribution in [3.8, 4) is 0 Å². The van der Waals surface area contributed by atoms with E-state index in [0.29, 0.717) is 6.42 Å². The molecule has 2 saturated heterocycles. The van der Waals surface area contributed by atoms with Gasteiger partial charge in [0, 0.05) is 12.5 Å². The molecule has 0 aromatic rings. The fourth-order valence-corrected chi connectivity index (χ4v) is 3.37. The first kappa shape index (κ1) is 13.5. The lowest BCUT2D eigenvalue weighted by molar-refractivity contribution is -0.192. The second kappa shape index (κ2) is 4.55. The van der Waals surface area contributed by atoms with Crippen molar-refractivity contribution in [2.24, 2.45) is 11.3 Å². The summed E-state index contributed by atoms with van der Waals surface area (Å²) in [6.45, 7) is -0.0616. The van der Waals surface area contributed by atoms with Gasteiger partial charge in [0.2, 0.25) is 11.6 Å². The number of likely N-dealkylation sites (tertiary alicyclic amines) is 1. The molecule has 2 aliphatic heterocycles. The van der Waals surface area contributed by atoms with Crippen LogP contribution in [0.4, 0.5) is 4.39 Å². The van der Waals surface area contributed by atoms with Gasteiger partial charge in [0.25, 0.3) is 0 Å². The molecule has 2 heterocycles. The predicted molar refractivity (Wildman–Crippen MR) is 67.8 cm³/mol. The van der Waals surface area contributed by atoms with Crippen molar-refractivity contribution in [2.45, 2.75) is 24.9 Å². The van der Waals surface area contributed by atoms with Gasteiger partial charge in [-0.1, -0.05) is 12.2 Å². The summed E-state index contributed by atoms with van der Waals surface area (Å²) in [5, 5.41) is 9.20. The Morgan fingerprint density at radius 3 is 2.50 bits per heavy atom. The van der Waals surface area contributed by atoms with Crippen LogP contribution in [0.15, 0.2) is 12.2 Å². The maximum Gasteiger partial charge on any atom is 0.344 e. The number of ether oxygens (including phenoxy) is 1. The number of allylic oxidation sites excluding steroid dienone is 2. The van der Waals surface area contributed by atoms with Crippen LogP contribution in [-0.2, 0) is 14.3 Å². The van der Waals surface area contributed by atoms with E-state index in [4.69, 9.17) is 4.74 Å². The lowest BCUT2D eigenvalue weighted by atomic mass is 9.74. The van der Waals surface area contributed by atoms with E-state index in [9.17, 15) is 19.1 Å². The number of hydrogen-bond acceptors (Lipinski definition) is 3. The number of carboxylic acids is 1. The molecule has 0 unspecified atom stereocenters. The summed E-state index contributed by atoms with van der Waals surface area (Å²) in [4.78, 5) is 25.1. The maximum absolute atomic E-state index is 14.8. The van der Waals surface area contributed by atoms with Gasteiger partial charge in [-0.05, 0) is 19.3 Å². The van der Waals surface area contributed by atoms with Crippen LogP contribution in [0.5, 0.6) is 0 Å². The Kier molecular flexibility index (Phi) is 3.08. The van der Waals surface area contributed by atoms with Gasteiger partial charge in [-0.15, -0.1) is 0 Å². The standard InChI is InChI=1S/C14H18FNO4/c15-14(12(18)19)7-16(6-13(14)8-20-9-13)11(17)10-4-2-1-3-5-10/h1-2,10H,3-9H2,(H,18,19)/t10-,14+/m0/s1. The van der Waals surface area contributed by atoms with Crippen LogP contribution in [0.3, 0.4) is 0 Å². The Hall–Kier alpha value is -1.43. The summed E-state index contributed by atoms with van der Waals surface area (Å²) in [5.74, 6) is -1.75. The van der Waals surface area contributed by atoms with Gasteiger partial charge in [-0.3, -0.25) is 4.79 Å². The third-order valence-electron chi connectivity index (χ3n) is 4.77. The average Bonchev–Trinajstić information content (AvgIpc) is 2.74. The molecule has 1 amide bonds. The smallest absolute Gasteiger partial charge is 0.344 e. The zero-order valence-corrected chi connectivity index (χ0v) is 11.2. The molecule has 1 N–H and O–H groups in total. The fourth-order valence-electron chi connectivity index (χ4n) is 3.37. The van der Waals surface area contributed by atoms with E-state index in [1.807, 2.05) is 12.2 Å². The van der Waals surface area contributed by atoms with E-state index in [0.717, 1.165) is 12.8 Å². The molecule has 20 heavy (non-hydrogen) atoms. The van der Waals surface area contributed by atoms with Crippen LogP contribution in [0.25, 0.3) is 0 Å². The quantitative estimate of drug-likeness (QED) is 0.768. The second-order valence-electron chi connectivity index (χ2n) is 6.06. The first-order chi connectivity index (χ1) is 9.48. The van der Waals surface area contributed by atoms with E-state index >= 15 is 0 Å². The number of carbonyl (C=O) groups excluding carboxylic acids is 1. The molecule has 3 rings (SSSR count). The van der Waals surface area contributed by atoms with Gasteiger partial charge >= 0.3 is 5.97 Å². The molecule has 0 aromatic heterocycles. The number of halogens is 1. The van der Waals surface area contributed by atoms with Gasteiger partial charge in [-0.25, -0.2) is 9.18 Å². The van der Waals surface area contributed by atoms with Crippen molar-refractivity contribution in [1.29, 1.82) is 0 Å². The first-order valence-corrected chi connectivity index (χ1v) is 6.92. The zero-order chi connectivity index (χ0) is 14.4. The normalized spacial score (nSPS) is 35.0. The summed E-state index contributed by atoms with van der Waals surface area (Å²) < 4.78 is 19.9. The van der Waals surface area contributed by atoms with Gasteiger partial charge in [0.05, 0.1) is 25.2 Å². The molecule has 5 nitrogen and oxygen atoms in total. The largest absolute Gasteiger partial charge is 0.479 e. The van der Waals surface area contributed by atoms with E-state index in [-0.39, 0.29) is 38.1 Å². The zero-order valence-electron chi connectivity index (χ0n) is 11.2. The predicted octanol–water partition coefficient (Wildman–Crippen LogP) is 0.994. The van der Waals surface area contributed by atoms with Crippen LogP contribution in [-0.4, -0.2) is 53.9 Å². The Bertz CT molecular complexity index is 474. The maximum atomic E-state index is 14.8. The molecule has 2 fully saturated rings. The Morgan fingerprint density at radius 1 is 1.30 bits per heavy atom. The molecule has 0 saturated carbocycles. The van der Waals surface area contributed by atoms with Gasteiger partial charge in [0.15, 0.2) is 0 Å². The molecule has 0 bridgehead atoms. The van der Waals surface area contributed by atoms with Crippen LogP contribution in [0.2, 0.25) is 0 Å². The molecule has 2 atom stereocenters. The molecule has 0 radical (unpaired) electrons. The third-order valence-corrected chi connectivity index (χ3v) is 4.77. The van der Waals surface area contributed by atoms with E-state index in [2.05, 4.69) is 0 Å².